The number of sulfonamides is 1. The summed E-state index contributed by atoms with van der Waals surface area (Å²) in [4.78, 5) is 24.6. The smallest absolute Gasteiger partial charge is 0.338 e. The van der Waals surface area contributed by atoms with Gasteiger partial charge in [-0.1, -0.05) is 18.2 Å². The minimum Gasteiger partial charge on any atom is -0.476 e. The maximum atomic E-state index is 12.8. The molecule has 1 aliphatic rings. The van der Waals surface area contributed by atoms with E-state index in [-0.39, 0.29) is 6.54 Å². The maximum Gasteiger partial charge on any atom is 0.338 e. The summed E-state index contributed by atoms with van der Waals surface area (Å²) in [6, 6.07) is 11.5. The van der Waals surface area contributed by atoms with Crippen molar-refractivity contribution in [2.24, 2.45) is 0 Å². The topological polar surface area (TPSA) is 102 Å². The van der Waals surface area contributed by atoms with E-state index in [9.17, 15) is 18.0 Å². The molecular formula is C19H20N2O6S. The van der Waals surface area contributed by atoms with Gasteiger partial charge < -0.3 is 14.8 Å². The molecule has 1 N–H and O–H groups in total. The van der Waals surface area contributed by atoms with Crippen molar-refractivity contribution in [2.75, 3.05) is 29.5 Å². The predicted molar refractivity (Wildman–Crippen MR) is 104 cm³/mol. The second kappa shape index (κ2) is 7.51. The molecule has 0 unspecified atom stereocenters. The van der Waals surface area contributed by atoms with Crippen LogP contribution in [0.4, 0.5) is 11.4 Å². The molecule has 1 atom stereocenters. The van der Waals surface area contributed by atoms with Crippen LogP contribution in [0, 0.1) is 6.92 Å². The van der Waals surface area contributed by atoms with Gasteiger partial charge >= 0.3 is 5.97 Å². The van der Waals surface area contributed by atoms with Gasteiger partial charge in [0.25, 0.3) is 5.91 Å². The SMILES string of the molecule is COC(=O)c1cccc(NC(=O)[C@@H]2CN(S(C)(=O)=O)c3ccccc3O2)c1C. The number of hydrogen-bond acceptors (Lipinski definition) is 6. The van der Waals surface area contributed by atoms with Gasteiger partial charge in [-0.25, -0.2) is 13.2 Å². The molecule has 9 heteroatoms. The summed E-state index contributed by atoms with van der Waals surface area (Å²) in [7, 11) is -2.32. The Morgan fingerprint density at radius 2 is 1.89 bits per heavy atom. The molecule has 148 valence electrons. The molecule has 1 heterocycles. The van der Waals surface area contributed by atoms with Crippen LogP contribution < -0.4 is 14.4 Å². The zero-order chi connectivity index (χ0) is 20.5. The quantitative estimate of drug-likeness (QED) is 0.782. The summed E-state index contributed by atoms with van der Waals surface area (Å²) >= 11 is 0. The number of rotatable bonds is 4. The Hall–Kier alpha value is -3.07. The van der Waals surface area contributed by atoms with Gasteiger partial charge in [-0.05, 0) is 36.8 Å². The first-order chi connectivity index (χ1) is 13.2. The standard InChI is InChI=1S/C19H20N2O6S/c1-12-13(19(23)26-2)7-6-8-14(12)20-18(22)17-11-21(28(3,24)25)15-9-4-5-10-16(15)27-17/h4-10,17H,11H2,1-3H3,(H,20,22)/t17-/m0/s1. The van der Waals surface area contributed by atoms with Crippen LogP contribution >= 0.6 is 0 Å². The number of hydrogen-bond donors (Lipinski definition) is 1. The Bertz CT molecular complexity index is 1030. The van der Waals surface area contributed by atoms with Crippen LogP contribution in [0.2, 0.25) is 0 Å². The number of anilines is 2. The van der Waals surface area contributed by atoms with Gasteiger partial charge in [0, 0.05) is 5.69 Å². The van der Waals surface area contributed by atoms with Crippen molar-refractivity contribution >= 4 is 33.3 Å². The normalized spacial score (nSPS) is 16.0. The third-order valence-electron chi connectivity index (χ3n) is 4.42. The molecule has 2 aromatic carbocycles. The van der Waals surface area contributed by atoms with E-state index in [1.807, 2.05) is 0 Å². The molecule has 0 saturated carbocycles. The number of methoxy groups -OCH3 is 1. The minimum absolute atomic E-state index is 0.155. The van der Waals surface area contributed by atoms with Gasteiger partial charge in [-0.2, -0.15) is 0 Å². The van der Waals surface area contributed by atoms with E-state index in [1.165, 1.54) is 7.11 Å². The molecule has 28 heavy (non-hydrogen) atoms. The van der Waals surface area contributed by atoms with E-state index < -0.39 is 28.0 Å². The van der Waals surface area contributed by atoms with Crippen molar-refractivity contribution in [3.8, 4) is 5.75 Å². The molecule has 2 aromatic rings. The van der Waals surface area contributed by atoms with E-state index in [0.29, 0.717) is 28.3 Å². The molecule has 0 saturated heterocycles. The fourth-order valence-electron chi connectivity index (χ4n) is 2.97. The van der Waals surface area contributed by atoms with Crippen molar-refractivity contribution < 1.29 is 27.5 Å². The summed E-state index contributed by atoms with van der Waals surface area (Å²) in [5, 5.41) is 2.71. The predicted octanol–water partition coefficient (Wildman–Crippen LogP) is 1.95. The average Bonchev–Trinajstić information content (AvgIpc) is 2.67. The van der Waals surface area contributed by atoms with E-state index in [0.717, 1.165) is 10.6 Å². The van der Waals surface area contributed by atoms with Crippen molar-refractivity contribution in [2.45, 2.75) is 13.0 Å². The molecule has 0 radical (unpaired) electrons. The Morgan fingerprint density at radius 3 is 2.57 bits per heavy atom. The van der Waals surface area contributed by atoms with Crippen LogP contribution in [0.1, 0.15) is 15.9 Å². The number of carbonyl (C=O) groups is 2. The number of para-hydroxylation sites is 2. The third-order valence-corrected chi connectivity index (χ3v) is 5.57. The van der Waals surface area contributed by atoms with E-state index in [4.69, 9.17) is 9.47 Å². The van der Waals surface area contributed by atoms with E-state index in [1.54, 1.807) is 49.4 Å². The lowest BCUT2D eigenvalue weighted by Crippen LogP contribution is -2.48. The summed E-state index contributed by atoms with van der Waals surface area (Å²) in [5.74, 6) is -0.729. The number of fused-ring (bicyclic) bond motifs is 1. The molecule has 0 aromatic heterocycles. The van der Waals surface area contributed by atoms with Crippen LogP contribution in [0.25, 0.3) is 0 Å². The summed E-state index contributed by atoms with van der Waals surface area (Å²) in [6.07, 6.45) is 0.0272. The number of ether oxygens (including phenoxy) is 2. The number of carbonyl (C=O) groups excluding carboxylic acids is 2. The lowest BCUT2D eigenvalue weighted by Gasteiger charge is -2.33. The first-order valence-corrected chi connectivity index (χ1v) is 10.3. The Morgan fingerprint density at radius 1 is 1.18 bits per heavy atom. The molecule has 0 aliphatic carbocycles. The highest BCUT2D eigenvalue weighted by atomic mass is 32.2. The van der Waals surface area contributed by atoms with Gasteiger partial charge in [0.05, 0.1) is 31.2 Å². The fourth-order valence-corrected chi connectivity index (χ4v) is 3.88. The number of benzene rings is 2. The summed E-state index contributed by atoms with van der Waals surface area (Å²) in [5.41, 5.74) is 1.67. The molecule has 1 amide bonds. The lowest BCUT2D eigenvalue weighted by molar-refractivity contribution is -0.122. The highest BCUT2D eigenvalue weighted by molar-refractivity contribution is 7.92. The zero-order valence-electron chi connectivity index (χ0n) is 15.6. The molecule has 0 fully saturated rings. The first kappa shape index (κ1) is 19.7. The van der Waals surface area contributed by atoms with Gasteiger partial charge in [0.1, 0.15) is 5.75 Å². The average molecular weight is 404 g/mol. The van der Waals surface area contributed by atoms with Crippen molar-refractivity contribution in [1.82, 2.24) is 0 Å². The molecule has 3 rings (SSSR count). The summed E-state index contributed by atoms with van der Waals surface area (Å²) in [6.45, 7) is 1.53. The van der Waals surface area contributed by atoms with Crippen LogP contribution in [-0.2, 0) is 19.6 Å². The number of nitrogens with zero attached hydrogens (tertiary/aromatic N) is 1. The molecule has 8 nitrogen and oxygen atoms in total. The fraction of sp³-hybridized carbons (Fsp3) is 0.263. The second-order valence-corrected chi connectivity index (χ2v) is 8.23. The van der Waals surface area contributed by atoms with Gasteiger partial charge in [-0.3, -0.25) is 9.10 Å². The monoisotopic (exact) mass is 404 g/mol. The van der Waals surface area contributed by atoms with Crippen LogP contribution in [0.3, 0.4) is 0 Å². The van der Waals surface area contributed by atoms with Crippen molar-refractivity contribution in [3.63, 3.8) is 0 Å². The molecule has 0 bridgehead atoms. The minimum atomic E-state index is -3.60. The van der Waals surface area contributed by atoms with E-state index >= 15 is 0 Å². The lowest BCUT2D eigenvalue weighted by atomic mass is 10.1. The summed E-state index contributed by atoms with van der Waals surface area (Å²) < 4.78 is 35.9. The maximum absolute atomic E-state index is 12.8. The van der Waals surface area contributed by atoms with Crippen molar-refractivity contribution in [1.29, 1.82) is 0 Å². The van der Waals surface area contributed by atoms with Crippen LogP contribution in [-0.4, -0.2) is 46.3 Å². The van der Waals surface area contributed by atoms with Crippen LogP contribution in [0.15, 0.2) is 42.5 Å². The van der Waals surface area contributed by atoms with Gasteiger partial charge in [-0.15, -0.1) is 0 Å². The number of nitrogens with one attached hydrogen (secondary N) is 1. The zero-order valence-corrected chi connectivity index (χ0v) is 16.4. The number of amides is 1. The van der Waals surface area contributed by atoms with Gasteiger partial charge in [0.15, 0.2) is 6.10 Å². The Kier molecular flexibility index (Phi) is 5.28. The van der Waals surface area contributed by atoms with Gasteiger partial charge in [0.2, 0.25) is 10.0 Å². The van der Waals surface area contributed by atoms with Crippen LogP contribution in [0.5, 0.6) is 5.75 Å². The third kappa shape index (κ3) is 3.79. The van der Waals surface area contributed by atoms with E-state index in [2.05, 4.69) is 5.32 Å². The Labute approximate surface area is 163 Å². The largest absolute Gasteiger partial charge is 0.476 e. The number of esters is 1. The van der Waals surface area contributed by atoms with Crippen molar-refractivity contribution in [3.05, 3.63) is 53.6 Å². The Balaban J connectivity index is 1.87. The second-order valence-electron chi connectivity index (χ2n) is 6.33. The highest BCUT2D eigenvalue weighted by Gasteiger charge is 2.35. The first-order valence-electron chi connectivity index (χ1n) is 8.44. The molecule has 1 aliphatic heterocycles. The molecular weight excluding hydrogens is 384 g/mol. The highest BCUT2D eigenvalue weighted by Crippen LogP contribution is 2.35. The molecule has 0 spiro atoms.